The van der Waals surface area contributed by atoms with Crippen LogP contribution < -0.4 is 10.1 Å². The molecule has 0 bridgehead atoms. The highest BCUT2D eigenvalue weighted by Gasteiger charge is 2.38. The zero-order chi connectivity index (χ0) is 20.0. The molecule has 4 heterocycles. The zero-order valence-corrected chi connectivity index (χ0v) is 16.8. The molecule has 3 aliphatic rings. The first-order chi connectivity index (χ1) is 14.0. The number of ether oxygens (including phenoxy) is 1. The average molecular weight is 417 g/mol. The first-order valence-electron chi connectivity index (χ1n) is 10.0. The molecule has 9 nitrogen and oxygen atoms in total. The number of piperidine rings is 1. The summed E-state index contributed by atoms with van der Waals surface area (Å²) in [6, 6.07) is 4.29. The Hall–Kier alpha value is -2.46. The van der Waals surface area contributed by atoms with Gasteiger partial charge in [0.15, 0.2) is 12.4 Å². The summed E-state index contributed by atoms with van der Waals surface area (Å²) in [5.74, 6) is 1.88. The van der Waals surface area contributed by atoms with Gasteiger partial charge in [0.25, 0.3) is 5.91 Å². The zero-order valence-electron chi connectivity index (χ0n) is 16.0. The minimum atomic E-state index is -3.77. The number of nitrogens with one attached hydrogen (secondary N) is 1. The van der Waals surface area contributed by atoms with E-state index < -0.39 is 10.0 Å². The van der Waals surface area contributed by atoms with Gasteiger partial charge in [-0.2, -0.15) is 4.31 Å². The van der Waals surface area contributed by atoms with Crippen LogP contribution in [0.1, 0.15) is 49.8 Å². The van der Waals surface area contributed by atoms with Gasteiger partial charge in [0.2, 0.25) is 10.0 Å². The highest BCUT2D eigenvalue weighted by atomic mass is 32.2. The van der Waals surface area contributed by atoms with Crippen molar-refractivity contribution in [3.8, 4) is 5.75 Å². The minimum Gasteiger partial charge on any atom is -0.482 e. The van der Waals surface area contributed by atoms with Crippen LogP contribution in [0.2, 0.25) is 0 Å². The normalized spacial score (nSPS) is 22.3. The molecule has 1 atom stereocenters. The van der Waals surface area contributed by atoms with Crippen molar-refractivity contribution in [3.63, 3.8) is 0 Å². The number of amides is 1. The number of aromatic nitrogens is 3. The molecule has 29 heavy (non-hydrogen) atoms. The van der Waals surface area contributed by atoms with Gasteiger partial charge in [-0.05, 0) is 43.9 Å². The molecule has 1 N–H and O–H groups in total. The van der Waals surface area contributed by atoms with Gasteiger partial charge in [0.05, 0.1) is 16.6 Å². The molecular formula is C19H23N5O4S. The predicted octanol–water partition coefficient (Wildman–Crippen LogP) is 1.86. The van der Waals surface area contributed by atoms with E-state index in [1.807, 2.05) is 0 Å². The largest absolute Gasteiger partial charge is 0.482 e. The average Bonchev–Trinajstić information content (AvgIpc) is 3.17. The summed E-state index contributed by atoms with van der Waals surface area (Å²) in [5.41, 5.74) is 0.385. The highest BCUT2D eigenvalue weighted by molar-refractivity contribution is 7.89. The van der Waals surface area contributed by atoms with Crippen molar-refractivity contribution in [2.75, 3.05) is 18.5 Å². The number of fused-ring (bicyclic) bond motifs is 2. The molecule has 1 fully saturated rings. The summed E-state index contributed by atoms with van der Waals surface area (Å²) in [4.78, 5) is 11.8. The number of hydrogen-bond donors (Lipinski definition) is 1. The van der Waals surface area contributed by atoms with E-state index in [0.717, 1.165) is 56.7 Å². The molecule has 2 aromatic rings. The first-order valence-corrected chi connectivity index (χ1v) is 11.5. The lowest BCUT2D eigenvalue weighted by molar-refractivity contribution is -0.118. The molecule has 10 heteroatoms. The van der Waals surface area contributed by atoms with Crippen LogP contribution in [0.5, 0.6) is 5.75 Å². The molecule has 0 saturated carbocycles. The smallest absolute Gasteiger partial charge is 0.262 e. The van der Waals surface area contributed by atoms with E-state index >= 15 is 0 Å². The van der Waals surface area contributed by atoms with Crippen molar-refractivity contribution < 1.29 is 17.9 Å². The van der Waals surface area contributed by atoms with Gasteiger partial charge >= 0.3 is 0 Å². The number of benzene rings is 1. The molecule has 0 spiro atoms. The summed E-state index contributed by atoms with van der Waals surface area (Å²) in [6.45, 7) is 1.21. The van der Waals surface area contributed by atoms with Crippen molar-refractivity contribution >= 4 is 21.6 Å². The van der Waals surface area contributed by atoms with Gasteiger partial charge in [0, 0.05) is 19.5 Å². The molecule has 154 valence electrons. The van der Waals surface area contributed by atoms with Gasteiger partial charge in [-0.3, -0.25) is 4.79 Å². The molecular weight excluding hydrogens is 394 g/mol. The Morgan fingerprint density at radius 1 is 1.10 bits per heavy atom. The van der Waals surface area contributed by atoms with E-state index in [0.29, 0.717) is 18.0 Å². The van der Waals surface area contributed by atoms with Gasteiger partial charge < -0.3 is 14.6 Å². The van der Waals surface area contributed by atoms with Gasteiger partial charge in [-0.25, -0.2) is 8.42 Å². The Morgan fingerprint density at radius 3 is 2.86 bits per heavy atom. The lowest BCUT2D eigenvalue weighted by Crippen LogP contribution is -2.40. The van der Waals surface area contributed by atoms with E-state index in [1.165, 1.54) is 12.1 Å². The maximum atomic E-state index is 13.5. The summed E-state index contributed by atoms with van der Waals surface area (Å²) in [7, 11) is -3.77. The predicted molar refractivity (Wildman–Crippen MR) is 104 cm³/mol. The lowest BCUT2D eigenvalue weighted by atomic mass is 10.0. The van der Waals surface area contributed by atoms with Crippen LogP contribution in [-0.4, -0.2) is 46.5 Å². The summed E-state index contributed by atoms with van der Waals surface area (Å²) in [6.07, 6.45) is 5.52. The Balaban J connectivity index is 1.51. The van der Waals surface area contributed by atoms with Crippen molar-refractivity contribution in [2.24, 2.45) is 0 Å². The Morgan fingerprint density at radius 2 is 1.97 bits per heavy atom. The number of carbonyl (C=O) groups excluding carboxylic acids is 1. The SMILES string of the molecule is O=C1COc2ccc(S(=O)(=O)N3CCCC[C@@H]3c3nnc4n3CCCC4)cc2N1. The molecule has 3 aliphatic heterocycles. The van der Waals surface area contributed by atoms with E-state index in [2.05, 4.69) is 20.1 Å². The number of rotatable bonds is 3. The standard InChI is InChI=1S/C19H23N5O4S/c25-18-12-28-16-8-7-13(11-14(16)20-18)29(26,27)24-10-4-1-5-15(24)19-22-21-17-6-2-3-9-23(17)19/h7-8,11,15H,1-6,9-10,12H2,(H,20,25)/t15-/m1/s1. The summed E-state index contributed by atoms with van der Waals surface area (Å²) >= 11 is 0. The fraction of sp³-hybridized carbons (Fsp3) is 0.526. The Kier molecular flexibility index (Phi) is 4.54. The second-order valence-corrected chi connectivity index (χ2v) is 9.60. The molecule has 1 aromatic heterocycles. The molecule has 5 rings (SSSR count). The highest BCUT2D eigenvalue weighted by Crippen LogP contribution is 2.38. The van der Waals surface area contributed by atoms with Crippen molar-refractivity contribution in [2.45, 2.75) is 56.0 Å². The number of sulfonamides is 1. The summed E-state index contributed by atoms with van der Waals surface area (Å²) < 4.78 is 36.1. The van der Waals surface area contributed by atoms with Crippen LogP contribution in [0.4, 0.5) is 5.69 Å². The number of aryl methyl sites for hydroxylation is 1. The maximum absolute atomic E-state index is 13.5. The second kappa shape index (κ2) is 7.10. The molecule has 0 radical (unpaired) electrons. The molecule has 1 saturated heterocycles. The second-order valence-electron chi connectivity index (χ2n) is 7.71. The monoisotopic (exact) mass is 417 g/mol. The molecule has 0 unspecified atom stereocenters. The van der Waals surface area contributed by atoms with E-state index in [-0.39, 0.29) is 23.5 Å². The Labute approximate surface area is 169 Å². The van der Waals surface area contributed by atoms with Crippen molar-refractivity contribution in [3.05, 3.63) is 29.8 Å². The third-order valence-electron chi connectivity index (χ3n) is 5.83. The third-order valence-corrected chi connectivity index (χ3v) is 7.73. The quantitative estimate of drug-likeness (QED) is 0.817. The van der Waals surface area contributed by atoms with Gasteiger partial charge in [0.1, 0.15) is 11.6 Å². The number of hydrogen-bond acceptors (Lipinski definition) is 6. The molecule has 1 amide bonds. The van der Waals surface area contributed by atoms with Crippen LogP contribution in [0.25, 0.3) is 0 Å². The first kappa shape index (κ1) is 18.6. The number of nitrogens with zero attached hydrogens (tertiary/aromatic N) is 4. The van der Waals surface area contributed by atoms with Crippen molar-refractivity contribution in [1.82, 2.24) is 19.1 Å². The lowest BCUT2D eigenvalue weighted by Gasteiger charge is -2.34. The molecule has 1 aromatic carbocycles. The minimum absolute atomic E-state index is 0.0642. The Bertz CT molecular complexity index is 1060. The van der Waals surface area contributed by atoms with Crippen LogP contribution in [0.3, 0.4) is 0 Å². The topological polar surface area (TPSA) is 106 Å². The van der Waals surface area contributed by atoms with Gasteiger partial charge in [-0.1, -0.05) is 6.42 Å². The van der Waals surface area contributed by atoms with Gasteiger partial charge in [-0.15, -0.1) is 10.2 Å². The third kappa shape index (κ3) is 3.20. The van der Waals surface area contributed by atoms with E-state index in [9.17, 15) is 13.2 Å². The number of anilines is 1. The van der Waals surface area contributed by atoms with Crippen LogP contribution >= 0.6 is 0 Å². The fourth-order valence-corrected chi connectivity index (χ4v) is 6.07. The van der Waals surface area contributed by atoms with Crippen LogP contribution in [0, 0.1) is 0 Å². The summed E-state index contributed by atoms with van der Waals surface area (Å²) in [5, 5.41) is 11.4. The van der Waals surface area contributed by atoms with E-state index in [4.69, 9.17) is 4.74 Å². The van der Waals surface area contributed by atoms with E-state index in [1.54, 1.807) is 10.4 Å². The molecule has 0 aliphatic carbocycles. The maximum Gasteiger partial charge on any atom is 0.262 e. The van der Waals surface area contributed by atoms with Crippen molar-refractivity contribution in [1.29, 1.82) is 0 Å². The van der Waals surface area contributed by atoms with Crippen LogP contribution in [0.15, 0.2) is 23.1 Å². The number of carbonyl (C=O) groups is 1. The fourth-order valence-electron chi connectivity index (χ4n) is 4.39. The van der Waals surface area contributed by atoms with Crippen LogP contribution in [-0.2, 0) is 27.8 Å².